The van der Waals surface area contributed by atoms with E-state index in [1.54, 1.807) is 16.7 Å². The molecule has 0 aromatic carbocycles. The van der Waals surface area contributed by atoms with Gasteiger partial charge in [-0.1, -0.05) is 6.07 Å². The fourth-order valence-electron chi connectivity index (χ4n) is 1.21. The Kier molecular flexibility index (Phi) is 3.25. The van der Waals surface area contributed by atoms with Gasteiger partial charge < -0.3 is 9.47 Å². The maximum Gasteiger partial charge on any atom is 0.250 e. The van der Waals surface area contributed by atoms with Crippen LogP contribution in [0.5, 0.6) is 0 Å². The van der Waals surface area contributed by atoms with Crippen LogP contribution >= 0.6 is 0 Å². The Morgan fingerprint density at radius 2 is 2.08 bits per heavy atom. The second kappa shape index (κ2) is 4.23. The van der Waals surface area contributed by atoms with E-state index in [4.69, 9.17) is 0 Å². The van der Waals surface area contributed by atoms with Crippen LogP contribution < -0.4 is 5.56 Å². The lowest BCUT2D eigenvalue weighted by Crippen LogP contribution is -2.27. The molecule has 1 heterocycles. The van der Waals surface area contributed by atoms with Gasteiger partial charge in [0.1, 0.15) is 0 Å². The van der Waals surface area contributed by atoms with Crippen molar-refractivity contribution in [3.05, 3.63) is 34.2 Å². The van der Waals surface area contributed by atoms with Crippen LogP contribution in [0, 0.1) is 6.92 Å². The van der Waals surface area contributed by atoms with E-state index in [1.165, 1.54) is 0 Å². The molecule has 0 N–H and O–H groups in total. The monoisotopic (exact) mass is 180 g/mol. The molecular formula is C10H16N2O. The molecule has 0 fully saturated rings. The van der Waals surface area contributed by atoms with Gasteiger partial charge >= 0.3 is 0 Å². The summed E-state index contributed by atoms with van der Waals surface area (Å²) >= 11 is 0. The van der Waals surface area contributed by atoms with Gasteiger partial charge in [-0.25, -0.2) is 0 Å². The molecule has 0 spiro atoms. The SMILES string of the molecule is Cc1cccc(=O)n1CCN(C)C. The summed E-state index contributed by atoms with van der Waals surface area (Å²) in [5.41, 5.74) is 1.11. The maximum absolute atomic E-state index is 11.4. The van der Waals surface area contributed by atoms with Crippen LogP contribution in [-0.4, -0.2) is 30.1 Å². The van der Waals surface area contributed by atoms with E-state index in [0.717, 1.165) is 18.8 Å². The predicted molar refractivity (Wildman–Crippen MR) is 54.0 cm³/mol. The van der Waals surface area contributed by atoms with E-state index in [-0.39, 0.29) is 5.56 Å². The zero-order valence-electron chi connectivity index (χ0n) is 8.45. The number of hydrogen-bond donors (Lipinski definition) is 0. The first-order chi connectivity index (χ1) is 6.11. The van der Waals surface area contributed by atoms with E-state index < -0.39 is 0 Å². The lowest BCUT2D eigenvalue weighted by atomic mass is 10.3. The minimum atomic E-state index is 0.0850. The molecule has 0 unspecified atom stereocenters. The first kappa shape index (κ1) is 9.99. The minimum Gasteiger partial charge on any atom is -0.312 e. The predicted octanol–water partition coefficient (Wildman–Crippen LogP) is 0.718. The van der Waals surface area contributed by atoms with Gasteiger partial charge in [0.25, 0.3) is 5.56 Å². The summed E-state index contributed by atoms with van der Waals surface area (Å²) in [7, 11) is 4.01. The van der Waals surface area contributed by atoms with Crippen LogP contribution in [0.2, 0.25) is 0 Å². The third-order valence-electron chi connectivity index (χ3n) is 2.04. The third-order valence-corrected chi connectivity index (χ3v) is 2.04. The number of likely N-dealkylation sites (N-methyl/N-ethyl adjacent to an activating group) is 1. The Labute approximate surface area is 78.6 Å². The number of hydrogen-bond acceptors (Lipinski definition) is 2. The summed E-state index contributed by atoms with van der Waals surface area (Å²) in [5.74, 6) is 0. The molecule has 0 aliphatic carbocycles. The number of aryl methyl sites for hydroxylation is 1. The largest absolute Gasteiger partial charge is 0.312 e. The molecule has 0 atom stereocenters. The molecule has 0 saturated heterocycles. The molecule has 0 aliphatic heterocycles. The molecule has 72 valence electrons. The van der Waals surface area contributed by atoms with Gasteiger partial charge in [0.15, 0.2) is 0 Å². The summed E-state index contributed by atoms with van der Waals surface area (Å²) < 4.78 is 1.79. The minimum absolute atomic E-state index is 0.0850. The van der Waals surface area contributed by atoms with Crippen molar-refractivity contribution in [3.63, 3.8) is 0 Å². The number of aromatic nitrogens is 1. The van der Waals surface area contributed by atoms with Crippen LogP contribution in [0.15, 0.2) is 23.0 Å². The summed E-state index contributed by atoms with van der Waals surface area (Å²) in [6.45, 7) is 3.61. The topological polar surface area (TPSA) is 25.2 Å². The van der Waals surface area contributed by atoms with Crippen LogP contribution in [0.1, 0.15) is 5.69 Å². The standard InChI is InChI=1S/C10H16N2O/c1-9-5-4-6-10(13)12(9)8-7-11(2)3/h4-6H,7-8H2,1-3H3. The molecule has 13 heavy (non-hydrogen) atoms. The van der Waals surface area contributed by atoms with Crippen molar-refractivity contribution >= 4 is 0 Å². The summed E-state index contributed by atoms with van der Waals surface area (Å²) in [6.07, 6.45) is 0. The smallest absolute Gasteiger partial charge is 0.250 e. The molecule has 0 aliphatic rings. The Morgan fingerprint density at radius 3 is 2.62 bits per heavy atom. The van der Waals surface area contributed by atoms with E-state index in [9.17, 15) is 4.79 Å². The Morgan fingerprint density at radius 1 is 1.38 bits per heavy atom. The number of rotatable bonds is 3. The van der Waals surface area contributed by atoms with Gasteiger partial charge in [-0.05, 0) is 27.1 Å². The summed E-state index contributed by atoms with van der Waals surface area (Å²) in [5, 5.41) is 0. The molecule has 3 heteroatoms. The molecule has 0 amide bonds. The quantitative estimate of drug-likeness (QED) is 0.684. The maximum atomic E-state index is 11.4. The Hall–Kier alpha value is -1.09. The first-order valence-corrected chi connectivity index (χ1v) is 4.42. The number of nitrogens with zero attached hydrogens (tertiary/aromatic N) is 2. The average Bonchev–Trinajstić information content (AvgIpc) is 2.03. The van der Waals surface area contributed by atoms with Crippen LogP contribution in [0.4, 0.5) is 0 Å². The Bertz CT molecular complexity index is 328. The molecule has 0 radical (unpaired) electrons. The molecule has 3 nitrogen and oxygen atoms in total. The first-order valence-electron chi connectivity index (χ1n) is 4.42. The van der Waals surface area contributed by atoms with Crippen LogP contribution in [0.3, 0.4) is 0 Å². The van der Waals surface area contributed by atoms with Gasteiger partial charge in [0.2, 0.25) is 0 Å². The fraction of sp³-hybridized carbons (Fsp3) is 0.500. The van der Waals surface area contributed by atoms with E-state index in [2.05, 4.69) is 4.90 Å². The lowest BCUT2D eigenvalue weighted by molar-refractivity contribution is 0.379. The summed E-state index contributed by atoms with van der Waals surface area (Å²) in [6, 6.07) is 5.35. The van der Waals surface area contributed by atoms with Crippen LogP contribution in [0.25, 0.3) is 0 Å². The average molecular weight is 180 g/mol. The molecule has 1 aromatic heterocycles. The van der Waals surface area contributed by atoms with E-state index in [0.29, 0.717) is 0 Å². The van der Waals surface area contributed by atoms with E-state index in [1.807, 2.05) is 27.1 Å². The summed E-state index contributed by atoms with van der Waals surface area (Å²) in [4.78, 5) is 13.5. The van der Waals surface area contributed by atoms with Crippen molar-refractivity contribution in [2.24, 2.45) is 0 Å². The highest BCUT2D eigenvalue weighted by Gasteiger charge is 1.98. The lowest BCUT2D eigenvalue weighted by Gasteiger charge is -2.12. The van der Waals surface area contributed by atoms with Gasteiger partial charge in [0.05, 0.1) is 0 Å². The van der Waals surface area contributed by atoms with Gasteiger partial charge in [-0.3, -0.25) is 4.79 Å². The van der Waals surface area contributed by atoms with Crippen molar-refractivity contribution in [2.75, 3.05) is 20.6 Å². The zero-order chi connectivity index (χ0) is 9.84. The van der Waals surface area contributed by atoms with Crippen molar-refractivity contribution in [2.45, 2.75) is 13.5 Å². The molecule has 1 aromatic rings. The van der Waals surface area contributed by atoms with Gasteiger partial charge in [0, 0.05) is 24.8 Å². The second-order valence-electron chi connectivity index (χ2n) is 3.46. The Balaban J connectivity index is 2.81. The van der Waals surface area contributed by atoms with E-state index >= 15 is 0 Å². The molecule has 1 rings (SSSR count). The molecule has 0 saturated carbocycles. The van der Waals surface area contributed by atoms with Crippen molar-refractivity contribution < 1.29 is 0 Å². The highest BCUT2D eigenvalue weighted by atomic mass is 16.1. The zero-order valence-corrected chi connectivity index (χ0v) is 8.45. The molecular weight excluding hydrogens is 164 g/mol. The van der Waals surface area contributed by atoms with Crippen molar-refractivity contribution in [1.82, 2.24) is 9.47 Å². The highest BCUT2D eigenvalue weighted by molar-refractivity contribution is 5.04. The normalized spacial score (nSPS) is 10.8. The van der Waals surface area contributed by atoms with Gasteiger partial charge in [-0.15, -0.1) is 0 Å². The second-order valence-corrected chi connectivity index (χ2v) is 3.46. The van der Waals surface area contributed by atoms with Crippen molar-refractivity contribution in [1.29, 1.82) is 0 Å². The number of pyridine rings is 1. The van der Waals surface area contributed by atoms with Crippen LogP contribution in [-0.2, 0) is 6.54 Å². The van der Waals surface area contributed by atoms with Crippen molar-refractivity contribution in [3.8, 4) is 0 Å². The highest BCUT2D eigenvalue weighted by Crippen LogP contribution is 1.93. The molecule has 0 bridgehead atoms. The fourth-order valence-corrected chi connectivity index (χ4v) is 1.21. The third kappa shape index (κ3) is 2.70. The van der Waals surface area contributed by atoms with Gasteiger partial charge in [-0.2, -0.15) is 0 Å².